The van der Waals surface area contributed by atoms with Crippen LogP contribution in [-0.2, 0) is 10.0 Å². The average Bonchev–Trinajstić information content (AvgIpc) is 2.70. The minimum absolute atomic E-state index is 0.0342. The lowest BCUT2D eigenvalue weighted by molar-refractivity contribution is 0.0720. The lowest BCUT2D eigenvalue weighted by Crippen LogP contribution is -2.35. The molecule has 1 aliphatic rings. The van der Waals surface area contributed by atoms with Crippen molar-refractivity contribution in [2.75, 3.05) is 24.9 Å². The molecule has 6 nitrogen and oxygen atoms in total. The molecule has 28 heavy (non-hydrogen) atoms. The molecule has 1 aliphatic heterocycles. The normalized spacial score (nSPS) is 14.6. The van der Waals surface area contributed by atoms with Gasteiger partial charge in [0.25, 0.3) is 15.9 Å². The third-order valence-electron chi connectivity index (χ3n) is 5.11. The minimum Gasteiger partial charge on any atom is -0.496 e. The second kappa shape index (κ2) is 8.22. The van der Waals surface area contributed by atoms with Crippen molar-refractivity contribution in [3.05, 3.63) is 53.1 Å². The van der Waals surface area contributed by atoms with Crippen molar-refractivity contribution in [2.24, 2.45) is 0 Å². The summed E-state index contributed by atoms with van der Waals surface area (Å²) < 4.78 is 33.6. The molecule has 2 aromatic rings. The van der Waals surface area contributed by atoms with Gasteiger partial charge in [-0.1, -0.05) is 6.07 Å². The van der Waals surface area contributed by atoms with Crippen molar-refractivity contribution in [2.45, 2.75) is 38.0 Å². The van der Waals surface area contributed by atoms with Gasteiger partial charge in [-0.25, -0.2) is 8.42 Å². The number of carbonyl (C=O) groups is 1. The van der Waals surface area contributed by atoms with E-state index in [4.69, 9.17) is 4.74 Å². The number of likely N-dealkylation sites (tertiary alicyclic amines) is 1. The zero-order valence-corrected chi connectivity index (χ0v) is 17.3. The summed E-state index contributed by atoms with van der Waals surface area (Å²) in [5.41, 5.74) is 2.84. The van der Waals surface area contributed by atoms with Crippen molar-refractivity contribution in [3.8, 4) is 5.75 Å². The maximum Gasteiger partial charge on any atom is 0.261 e. The molecule has 1 heterocycles. The molecule has 150 valence electrons. The molecule has 0 spiro atoms. The first kappa shape index (κ1) is 20.2. The van der Waals surface area contributed by atoms with Crippen LogP contribution in [0.1, 0.15) is 40.7 Å². The van der Waals surface area contributed by atoms with Crippen LogP contribution < -0.4 is 9.46 Å². The Bertz CT molecular complexity index is 980. The van der Waals surface area contributed by atoms with E-state index in [-0.39, 0.29) is 16.4 Å². The number of hydrogen-bond acceptors (Lipinski definition) is 4. The number of methoxy groups -OCH3 is 1. The number of sulfonamides is 1. The van der Waals surface area contributed by atoms with Crippen LogP contribution in [0.25, 0.3) is 0 Å². The number of benzene rings is 2. The number of rotatable bonds is 5. The van der Waals surface area contributed by atoms with Crippen molar-refractivity contribution in [1.29, 1.82) is 0 Å². The highest BCUT2D eigenvalue weighted by atomic mass is 32.2. The van der Waals surface area contributed by atoms with Crippen LogP contribution in [0.3, 0.4) is 0 Å². The molecule has 1 amide bonds. The van der Waals surface area contributed by atoms with Crippen molar-refractivity contribution in [1.82, 2.24) is 4.90 Å². The highest BCUT2D eigenvalue weighted by Crippen LogP contribution is 2.27. The van der Waals surface area contributed by atoms with Crippen LogP contribution in [0.5, 0.6) is 5.75 Å². The Morgan fingerprint density at radius 2 is 1.71 bits per heavy atom. The van der Waals surface area contributed by atoms with E-state index in [2.05, 4.69) is 4.72 Å². The van der Waals surface area contributed by atoms with Crippen molar-refractivity contribution >= 4 is 21.6 Å². The van der Waals surface area contributed by atoms with E-state index in [0.29, 0.717) is 24.5 Å². The molecular weight excluding hydrogens is 376 g/mol. The number of ether oxygens (including phenoxy) is 1. The fourth-order valence-corrected chi connectivity index (χ4v) is 4.38. The number of hydrogen-bond donors (Lipinski definition) is 1. The highest BCUT2D eigenvalue weighted by molar-refractivity contribution is 7.92. The van der Waals surface area contributed by atoms with Gasteiger partial charge in [0.2, 0.25) is 0 Å². The fraction of sp³-hybridized carbons (Fsp3) is 0.381. The smallest absolute Gasteiger partial charge is 0.261 e. The molecule has 3 rings (SSSR count). The molecule has 2 aromatic carbocycles. The van der Waals surface area contributed by atoms with Crippen molar-refractivity contribution in [3.63, 3.8) is 0 Å². The van der Waals surface area contributed by atoms with Crippen LogP contribution in [0.4, 0.5) is 5.69 Å². The third-order valence-corrected chi connectivity index (χ3v) is 6.49. The molecule has 1 N–H and O–H groups in total. The van der Waals surface area contributed by atoms with Gasteiger partial charge in [0, 0.05) is 18.8 Å². The van der Waals surface area contributed by atoms with Gasteiger partial charge in [0.1, 0.15) is 5.75 Å². The predicted molar refractivity (Wildman–Crippen MR) is 109 cm³/mol. The summed E-state index contributed by atoms with van der Waals surface area (Å²) in [6.07, 6.45) is 3.02. The largest absolute Gasteiger partial charge is 0.496 e. The zero-order valence-electron chi connectivity index (χ0n) is 16.5. The van der Waals surface area contributed by atoms with Gasteiger partial charge in [0.15, 0.2) is 0 Å². The van der Waals surface area contributed by atoms with E-state index < -0.39 is 10.0 Å². The lowest BCUT2D eigenvalue weighted by atomic mass is 10.1. The zero-order chi connectivity index (χ0) is 20.3. The SMILES string of the molecule is COc1ccc(S(=O)(=O)Nc2ccc(C)c(C)c2)cc1C(=O)N1CCCCC1. The van der Waals surface area contributed by atoms with Gasteiger partial charge in [0.05, 0.1) is 17.6 Å². The fourth-order valence-electron chi connectivity index (χ4n) is 3.31. The molecule has 1 saturated heterocycles. The Morgan fingerprint density at radius 1 is 1.00 bits per heavy atom. The highest BCUT2D eigenvalue weighted by Gasteiger charge is 2.24. The first-order chi connectivity index (χ1) is 13.3. The Labute approximate surface area is 166 Å². The minimum atomic E-state index is -3.83. The Kier molecular flexibility index (Phi) is 5.93. The standard InChI is InChI=1S/C21H26N2O4S/c1-15-7-8-17(13-16(15)2)22-28(25,26)18-9-10-20(27-3)19(14-18)21(24)23-11-5-4-6-12-23/h7-10,13-14,22H,4-6,11-12H2,1-3H3. The number of carbonyl (C=O) groups excluding carboxylic acids is 1. The van der Waals surface area contributed by atoms with E-state index in [1.165, 1.54) is 25.3 Å². The first-order valence-electron chi connectivity index (χ1n) is 9.39. The Hall–Kier alpha value is -2.54. The second-order valence-electron chi connectivity index (χ2n) is 7.12. The molecule has 0 saturated carbocycles. The molecule has 0 atom stereocenters. The van der Waals surface area contributed by atoms with E-state index in [9.17, 15) is 13.2 Å². The van der Waals surface area contributed by atoms with Crippen LogP contribution in [-0.4, -0.2) is 39.4 Å². The van der Waals surface area contributed by atoms with E-state index in [1.807, 2.05) is 19.9 Å². The van der Waals surface area contributed by atoms with Gasteiger partial charge in [-0.3, -0.25) is 9.52 Å². The Morgan fingerprint density at radius 3 is 2.36 bits per heavy atom. The van der Waals surface area contributed by atoms with E-state index in [1.54, 1.807) is 17.0 Å². The van der Waals surface area contributed by atoms with Gasteiger partial charge in [-0.05, 0) is 74.6 Å². The van der Waals surface area contributed by atoms with Crippen LogP contribution >= 0.6 is 0 Å². The van der Waals surface area contributed by atoms with E-state index in [0.717, 1.165) is 30.4 Å². The summed E-state index contributed by atoms with van der Waals surface area (Å²) in [5, 5.41) is 0. The quantitative estimate of drug-likeness (QED) is 0.827. The second-order valence-corrected chi connectivity index (χ2v) is 8.80. The molecule has 0 radical (unpaired) electrons. The predicted octanol–water partition coefficient (Wildman–Crippen LogP) is 3.74. The molecule has 0 unspecified atom stereocenters. The maximum absolute atomic E-state index is 12.9. The molecule has 1 fully saturated rings. The summed E-state index contributed by atoms with van der Waals surface area (Å²) in [7, 11) is -2.35. The molecule has 7 heteroatoms. The monoisotopic (exact) mass is 402 g/mol. The molecule has 0 aromatic heterocycles. The summed E-state index contributed by atoms with van der Waals surface area (Å²) in [4.78, 5) is 14.7. The number of anilines is 1. The van der Waals surface area contributed by atoms with Gasteiger partial charge < -0.3 is 9.64 Å². The number of piperidine rings is 1. The number of aryl methyl sites for hydroxylation is 2. The number of nitrogens with one attached hydrogen (secondary N) is 1. The summed E-state index contributed by atoms with van der Waals surface area (Å²) in [5.74, 6) is 0.181. The number of amides is 1. The first-order valence-corrected chi connectivity index (χ1v) is 10.9. The third kappa shape index (κ3) is 4.30. The van der Waals surface area contributed by atoms with Crippen molar-refractivity contribution < 1.29 is 17.9 Å². The van der Waals surface area contributed by atoms with Crippen LogP contribution in [0.15, 0.2) is 41.3 Å². The average molecular weight is 403 g/mol. The summed E-state index contributed by atoms with van der Waals surface area (Å²) >= 11 is 0. The topological polar surface area (TPSA) is 75.7 Å². The number of nitrogens with zero attached hydrogens (tertiary/aromatic N) is 1. The molecule has 0 aliphatic carbocycles. The van der Waals surface area contributed by atoms with E-state index >= 15 is 0 Å². The van der Waals surface area contributed by atoms with Crippen LogP contribution in [0, 0.1) is 13.8 Å². The van der Waals surface area contributed by atoms with Gasteiger partial charge in [-0.15, -0.1) is 0 Å². The van der Waals surface area contributed by atoms with Crippen LogP contribution in [0.2, 0.25) is 0 Å². The lowest BCUT2D eigenvalue weighted by Gasteiger charge is -2.27. The van der Waals surface area contributed by atoms with Gasteiger partial charge in [-0.2, -0.15) is 0 Å². The molecular formula is C21H26N2O4S. The maximum atomic E-state index is 12.9. The van der Waals surface area contributed by atoms with Gasteiger partial charge >= 0.3 is 0 Å². The summed E-state index contributed by atoms with van der Waals surface area (Å²) in [6, 6.07) is 9.77. The molecule has 0 bridgehead atoms. The Balaban J connectivity index is 1.92. The summed E-state index contributed by atoms with van der Waals surface area (Å²) in [6.45, 7) is 5.26.